The second-order valence-electron chi connectivity index (χ2n) is 7.38. The SMILES string of the molecule is COc1cc2c(cc1OC)CN(C(=O)c1ccc(-c3ccc(NC(C)=O)cc3)o1)CC2. The summed E-state index contributed by atoms with van der Waals surface area (Å²) in [5.41, 5.74) is 3.73. The summed E-state index contributed by atoms with van der Waals surface area (Å²) < 4.78 is 16.6. The summed E-state index contributed by atoms with van der Waals surface area (Å²) in [6.45, 7) is 2.54. The maximum Gasteiger partial charge on any atom is 0.289 e. The van der Waals surface area contributed by atoms with Gasteiger partial charge >= 0.3 is 0 Å². The van der Waals surface area contributed by atoms with Crippen molar-refractivity contribution in [3.05, 3.63) is 65.4 Å². The van der Waals surface area contributed by atoms with Crippen LogP contribution < -0.4 is 14.8 Å². The van der Waals surface area contributed by atoms with E-state index in [2.05, 4.69) is 5.32 Å². The fourth-order valence-electron chi connectivity index (χ4n) is 3.74. The van der Waals surface area contributed by atoms with Gasteiger partial charge in [-0.05, 0) is 66.1 Å². The maximum absolute atomic E-state index is 13.0. The van der Waals surface area contributed by atoms with E-state index in [9.17, 15) is 9.59 Å². The molecule has 0 unspecified atom stereocenters. The van der Waals surface area contributed by atoms with Crippen LogP contribution in [0.2, 0.25) is 0 Å². The van der Waals surface area contributed by atoms with Gasteiger partial charge < -0.3 is 24.1 Å². The second kappa shape index (κ2) is 8.55. The minimum absolute atomic E-state index is 0.127. The van der Waals surface area contributed by atoms with Gasteiger partial charge in [0.2, 0.25) is 5.91 Å². The van der Waals surface area contributed by atoms with Gasteiger partial charge in [-0.2, -0.15) is 0 Å². The Balaban J connectivity index is 1.50. The van der Waals surface area contributed by atoms with E-state index in [1.807, 2.05) is 24.3 Å². The molecule has 0 fully saturated rings. The molecular weight excluding hydrogens is 396 g/mol. The number of anilines is 1. The lowest BCUT2D eigenvalue weighted by atomic mass is 9.98. The molecule has 7 nitrogen and oxygen atoms in total. The first kappa shape index (κ1) is 20.5. The van der Waals surface area contributed by atoms with E-state index < -0.39 is 0 Å². The summed E-state index contributed by atoms with van der Waals surface area (Å²) in [4.78, 5) is 26.0. The summed E-state index contributed by atoms with van der Waals surface area (Å²) in [5, 5.41) is 2.73. The zero-order valence-electron chi connectivity index (χ0n) is 17.7. The summed E-state index contributed by atoms with van der Waals surface area (Å²) in [7, 11) is 3.22. The van der Waals surface area contributed by atoms with Crippen LogP contribution in [0.3, 0.4) is 0 Å². The van der Waals surface area contributed by atoms with Crippen molar-refractivity contribution in [1.82, 2.24) is 4.90 Å². The van der Waals surface area contributed by atoms with Gasteiger partial charge in [0.15, 0.2) is 17.3 Å². The monoisotopic (exact) mass is 420 g/mol. The Hall–Kier alpha value is -3.74. The van der Waals surface area contributed by atoms with Crippen molar-refractivity contribution in [3.63, 3.8) is 0 Å². The fraction of sp³-hybridized carbons (Fsp3) is 0.250. The van der Waals surface area contributed by atoms with Crippen molar-refractivity contribution in [2.45, 2.75) is 19.9 Å². The van der Waals surface area contributed by atoms with Gasteiger partial charge in [-0.15, -0.1) is 0 Å². The molecule has 1 N–H and O–H groups in total. The normalized spacial score (nSPS) is 12.8. The van der Waals surface area contributed by atoms with E-state index in [0.717, 1.165) is 23.1 Å². The molecule has 2 heterocycles. The Morgan fingerprint density at radius 2 is 1.65 bits per heavy atom. The van der Waals surface area contributed by atoms with Crippen molar-refractivity contribution < 1.29 is 23.5 Å². The van der Waals surface area contributed by atoms with Gasteiger partial charge in [-0.25, -0.2) is 0 Å². The number of carbonyl (C=O) groups excluding carboxylic acids is 2. The standard InChI is InChI=1S/C24H24N2O5/c1-15(27)25-19-6-4-16(5-7-19)20-8-9-21(31-20)24(28)26-11-10-17-12-22(29-2)23(30-3)13-18(17)14-26/h4-9,12-13H,10-11,14H2,1-3H3,(H,25,27). The fourth-order valence-corrected chi connectivity index (χ4v) is 3.74. The van der Waals surface area contributed by atoms with E-state index in [1.165, 1.54) is 6.92 Å². The van der Waals surface area contributed by atoms with E-state index in [-0.39, 0.29) is 11.8 Å². The number of benzene rings is 2. The van der Waals surface area contributed by atoms with Crippen molar-refractivity contribution in [2.24, 2.45) is 0 Å². The van der Waals surface area contributed by atoms with E-state index in [1.54, 1.807) is 43.4 Å². The molecule has 0 bridgehead atoms. The van der Waals surface area contributed by atoms with Gasteiger partial charge in [0.05, 0.1) is 14.2 Å². The van der Waals surface area contributed by atoms with Crippen LogP contribution in [-0.2, 0) is 17.8 Å². The molecule has 31 heavy (non-hydrogen) atoms. The third-order valence-electron chi connectivity index (χ3n) is 5.31. The number of hydrogen-bond acceptors (Lipinski definition) is 5. The summed E-state index contributed by atoms with van der Waals surface area (Å²) in [6.07, 6.45) is 0.736. The van der Waals surface area contributed by atoms with E-state index >= 15 is 0 Å². The first-order valence-electron chi connectivity index (χ1n) is 9.99. The van der Waals surface area contributed by atoms with Gasteiger partial charge in [-0.1, -0.05) is 0 Å². The Kier molecular flexibility index (Phi) is 5.66. The number of methoxy groups -OCH3 is 2. The highest BCUT2D eigenvalue weighted by atomic mass is 16.5. The molecule has 7 heteroatoms. The summed E-state index contributed by atoms with van der Waals surface area (Å²) in [6, 6.07) is 14.7. The molecule has 0 spiro atoms. The highest BCUT2D eigenvalue weighted by molar-refractivity contribution is 5.92. The van der Waals surface area contributed by atoms with Crippen LogP contribution in [0.25, 0.3) is 11.3 Å². The zero-order chi connectivity index (χ0) is 22.0. The number of furan rings is 1. The van der Waals surface area contributed by atoms with Crippen LogP contribution in [0, 0.1) is 0 Å². The average molecular weight is 420 g/mol. The van der Waals surface area contributed by atoms with Crippen molar-refractivity contribution in [2.75, 3.05) is 26.1 Å². The molecule has 2 amide bonds. The minimum atomic E-state index is -0.151. The molecule has 0 saturated heterocycles. The maximum atomic E-state index is 13.0. The quantitative estimate of drug-likeness (QED) is 0.672. The first-order valence-corrected chi connectivity index (χ1v) is 9.99. The first-order chi connectivity index (χ1) is 15.0. The van der Waals surface area contributed by atoms with Crippen LogP contribution in [-0.4, -0.2) is 37.5 Å². The van der Waals surface area contributed by atoms with Crippen molar-refractivity contribution in [1.29, 1.82) is 0 Å². The molecule has 0 saturated carbocycles. The number of hydrogen-bond donors (Lipinski definition) is 1. The lowest BCUT2D eigenvalue weighted by Crippen LogP contribution is -2.35. The van der Waals surface area contributed by atoms with Gasteiger partial charge in [0, 0.05) is 31.3 Å². The highest BCUT2D eigenvalue weighted by Gasteiger charge is 2.25. The smallest absolute Gasteiger partial charge is 0.289 e. The number of rotatable bonds is 5. The molecule has 1 aromatic heterocycles. The second-order valence-corrected chi connectivity index (χ2v) is 7.38. The van der Waals surface area contributed by atoms with E-state index in [4.69, 9.17) is 13.9 Å². The van der Waals surface area contributed by atoms with Crippen molar-refractivity contribution >= 4 is 17.5 Å². The van der Waals surface area contributed by atoms with E-state index in [0.29, 0.717) is 41.8 Å². The van der Waals surface area contributed by atoms with Gasteiger partial charge in [0.25, 0.3) is 5.91 Å². The number of nitrogens with one attached hydrogen (secondary N) is 1. The van der Waals surface area contributed by atoms with Gasteiger partial charge in [0.1, 0.15) is 5.76 Å². The highest BCUT2D eigenvalue weighted by Crippen LogP contribution is 2.34. The molecule has 2 aromatic carbocycles. The molecule has 0 radical (unpaired) electrons. The molecular formula is C24H24N2O5. The molecule has 4 rings (SSSR count). The zero-order valence-corrected chi connectivity index (χ0v) is 17.7. The lowest BCUT2D eigenvalue weighted by Gasteiger charge is -2.29. The van der Waals surface area contributed by atoms with Crippen molar-refractivity contribution in [3.8, 4) is 22.8 Å². The predicted octanol–water partition coefficient (Wildman–Crippen LogP) is 4.12. The van der Waals surface area contributed by atoms with Crippen LogP contribution >= 0.6 is 0 Å². The predicted molar refractivity (Wildman–Crippen MR) is 116 cm³/mol. The lowest BCUT2D eigenvalue weighted by molar-refractivity contribution is -0.114. The molecule has 1 aliphatic rings. The molecule has 0 aliphatic carbocycles. The number of carbonyl (C=O) groups is 2. The number of ether oxygens (including phenoxy) is 2. The number of fused-ring (bicyclic) bond motifs is 1. The largest absolute Gasteiger partial charge is 0.493 e. The van der Waals surface area contributed by atoms with Gasteiger partial charge in [-0.3, -0.25) is 9.59 Å². The van der Waals surface area contributed by atoms with Crippen LogP contribution in [0.4, 0.5) is 5.69 Å². The molecule has 0 atom stereocenters. The number of nitrogens with zero attached hydrogens (tertiary/aromatic N) is 1. The average Bonchev–Trinajstić information content (AvgIpc) is 3.27. The van der Waals surface area contributed by atoms with Crippen LogP contribution in [0.15, 0.2) is 52.9 Å². The van der Waals surface area contributed by atoms with Crippen LogP contribution in [0.1, 0.15) is 28.6 Å². The molecule has 3 aromatic rings. The Labute approximate surface area is 180 Å². The minimum Gasteiger partial charge on any atom is -0.493 e. The Morgan fingerprint density at radius 3 is 2.29 bits per heavy atom. The summed E-state index contributed by atoms with van der Waals surface area (Å²) in [5.74, 6) is 1.96. The third kappa shape index (κ3) is 4.26. The Bertz CT molecular complexity index is 1120. The molecule has 160 valence electrons. The topological polar surface area (TPSA) is 81.0 Å². The Morgan fingerprint density at radius 1 is 0.968 bits per heavy atom. The number of amides is 2. The third-order valence-corrected chi connectivity index (χ3v) is 5.31. The van der Waals surface area contributed by atoms with Crippen LogP contribution in [0.5, 0.6) is 11.5 Å². The summed E-state index contributed by atoms with van der Waals surface area (Å²) >= 11 is 0. The molecule has 1 aliphatic heterocycles.